The molecule has 0 fully saturated rings. The maximum Gasteiger partial charge on any atom is 0.277 e. The van der Waals surface area contributed by atoms with Crippen LogP contribution in [0.4, 0.5) is 5.69 Å². The number of ether oxygens (including phenoxy) is 1. The number of Topliss-reactive ketones (excluding diaryl/α,β-unsaturated/α-hetero) is 1. The minimum Gasteiger partial charge on any atom is -0.485 e. The summed E-state index contributed by atoms with van der Waals surface area (Å²) in [6.07, 6.45) is 0. The van der Waals surface area contributed by atoms with Crippen LogP contribution in [0, 0.1) is 16.0 Å². The summed E-state index contributed by atoms with van der Waals surface area (Å²) in [6.45, 7) is 3.58. The Balaban J connectivity index is 2.38. The number of nitrogens with zero attached hydrogens (tertiary/aromatic N) is 1. The van der Waals surface area contributed by atoms with Crippen LogP contribution in [0.25, 0.3) is 10.8 Å². The van der Waals surface area contributed by atoms with Crippen molar-refractivity contribution in [3.63, 3.8) is 0 Å². The first kappa shape index (κ1) is 14.0. The van der Waals surface area contributed by atoms with Gasteiger partial charge >= 0.3 is 0 Å². The summed E-state index contributed by atoms with van der Waals surface area (Å²) >= 11 is 0. The lowest BCUT2D eigenvalue weighted by Crippen LogP contribution is -2.16. The number of rotatable bonds is 5. The predicted molar refractivity (Wildman–Crippen MR) is 75.9 cm³/mol. The van der Waals surface area contributed by atoms with Crippen LogP contribution in [0.3, 0.4) is 0 Å². The van der Waals surface area contributed by atoms with Crippen molar-refractivity contribution >= 4 is 22.2 Å². The van der Waals surface area contributed by atoms with Crippen molar-refractivity contribution in [1.82, 2.24) is 0 Å². The Labute approximate surface area is 116 Å². The van der Waals surface area contributed by atoms with E-state index in [1.54, 1.807) is 38.1 Å². The molecule has 0 radical (unpaired) electrons. The lowest BCUT2D eigenvalue weighted by Gasteiger charge is -2.10. The smallest absolute Gasteiger partial charge is 0.277 e. The van der Waals surface area contributed by atoms with E-state index in [1.807, 2.05) is 0 Å². The summed E-state index contributed by atoms with van der Waals surface area (Å²) in [6, 6.07) is 9.87. The molecule has 5 heteroatoms. The molecule has 0 aliphatic heterocycles. The molecule has 0 saturated carbocycles. The molecule has 0 atom stereocenters. The third-order valence-electron chi connectivity index (χ3n) is 3.07. The number of benzene rings is 2. The number of hydrogen-bond donors (Lipinski definition) is 0. The molecule has 0 amide bonds. The molecule has 0 saturated heterocycles. The lowest BCUT2D eigenvalue weighted by molar-refractivity contribution is -0.383. The van der Waals surface area contributed by atoms with E-state index in [0.29, 0.717) is 16.5 Å². The van der Waals surface area contributed by atoms with Crippen LogP contribution < -0.4 is 4.74 Å². The van der Waals surface area contributed by atoms with Gasteiger partial charge < -0.3 is 4.74 Å². The molecule has 0 bridgehead atoms. The molecule has 104 valence electrons. The molecule has 0 N–H and O–H groups in total. The van der Waals surface area contributed by atoms with Gasteiger partial charge in [0, 0.05) is 17.4 Å². The number of nitro groups is 1. The van der Waals surface area contributed by atoms with Crippen molar-refractivity contribution in [1.29, 1.82) is 0 Å². The molecule has 2 aromatic rings. The molecular weight excluding hydrogens is 258 g/mol. The quantitative estimate of drug-likeness (QED) is 0.618. The second-order valence-corrected chi connectivity index (χ2v) is 4.80. The largest absolute Gasteiger partial charge is 0.485 e. The minimum absolute atomic E-state index is 0.00701. The number of hydrogen-bond acceptors (Lipinski definition) is 4. The number of fused-ring (bicyclic) bond motifs is 1. The maximum atomic E-state index is 11.6. The summed E-state index contributed by atoms with van der Waals surface area (Å²) < 4.78 is 5.50. The van der Waals surface area contributed by atoms with Crippen LogP contribution in [0.5, 0.6) is 5.75 Å². The molecule has 0 unspecified atom stereocenters. The molecule has 2 rings (SSSR count). The van der Waals surface area contributed by atoms with Gasteiger partial charge in [-0.2, -0.15) is 0 Å². The molecular formula is C15H15NO4. The van der Waals surface area contributed by atoms with Crippen molar-refractivity contribution in [3.05, 3.63) is 46.5 Å². The highest BCUT2D eigenvalue weighted by molar-refractivity contribution is 5.95. The SMILES string of the molecule is CC(C)C(=O)COc1ccc([N+](=O)[O-])c2ccccc12. The number of carbonyl (C=O) groups excluding carboxylic acids is 1. The number of non-ortho nitro benzene ring substituents is 1. The van der Waals surface area contributed by atoms with Crippen molar-refractivity contribution in [2.45, 2.75) is 13.8 Å². The van der Waals surface area contributed by atoms with Gasteiger partial charge in [-0.3, -0.25) is 14.9 Å². The summed E-state index contributed by atoms with van der Waals surface area (Å²) in [7, 11) is 0. The summed E-state index contributed by atoms with van der Waals surface area (Å²) in [4.78, 5) is 22.2. The molecule has 5 nitrogen and oxygen atoms in total. The molecule has 20 heavy (non-hydrogen) atoms. The van der Waals surface area contributed by atoms with Gasteiger partial charge in [-0.15, -0.1) is 0 Å². The number of ketones is 1. The maximum absolute atomic E-state index is 11.6. The van der Waals surface area contributed by atoms with Crippen LogP contribution in [0.15, 0.2) is 36.4 Å². The molecule has 0 heterocycles. The van der Waals surface area contributed by atoms with Crippen LogP contribution >= 0.6 is 0 Å². The van der Waals surface area contributed by atoms with Gasteiger partial charge in [0.05, 0.1) is 10.3 Å². The zero-order valence-corrected chi connectivity index (χ0v) is 11.3. The van der Waals surface area contributed by atoms with Gasteiger partial charge in [0.25, 0.3) is 5.69 Å². The normalized spacial score (nSPS) is 10.8. The third kappa shape index (κ3) is 2.77. The number of carbonyl (C=O) groups is 1. The summed E-state index contributed by atoms with van der Waals surface area (Å²) in [5, 5.41) is 12.1. The van der Waals surface area contributed by atoms with E-state index in [4.69, 9.17) is 4.74 Å². The molecule has 0 aliphatic carbocycles. The fourth-order valence-electron chi connectivity index (χ4n) is 1.86. The van der Waals surface area contributed by atoms with Crippen molar-refractivity contribution < 1.29 is 14.5 Å². The Morgan fingerprint density at radius 2 is 1.85 bits per heavy atom. The molecule has 0 aromatic heterocycles. The van der Waals surface area contributed by atoms with E-state index < -0.39 is 4.92 Å². The standard InChI is InChI=1S/C15H15NO4/c1-10(2)14(17)9-20-15-8-7-13(16(18)19)11-5-3-4-6-12(11)15/h3-8,10H,9H2,1-2H3. The van der Waals surface area contributed by atoms with Crippen molar-refractivity contribution in [3.8, 4) is 5.75 Å². The van der Waals surface area contributed by atoms with E-state index in [0.717, 1.165) is 0 Å². The van der Waals surface area contributed by atoms with Gasteiger partial charge in [0.15, 0.2) is 5.78 Å². The highest BCUT2D eigenvalue weighted by Crippen LogP contribution is 2.32. The first-order chi connectivity index (χ1) is 9.50. The second-order valence-electron chi connectivity index (χ2n) is 4.80. The Bertz CT molecular complexity index is 664. The van der Waals surface area contributed by atoms with Gasteiger partial charge in [0.1, 0.15) is 12.4 Å². The van der Waals surface area contributed by atoms with Crippen LogP contribution in [-0.4, -0.2) is 17.3 Å². The first-order valence-corrected chi connectivity index (χ1v) is 6.32. The van der Waals surface area contributed by atoms with Crippen molar-refractivity contribution in [2.75, 3.05) is 6.61 Å². The lowest BCUT2D eigenvalue weighted by atomic mass is 10.1. The monoisotopic (exact) mass is 273 g/mol. The second kappa shape index (κ2) is 5.69. The summed E-state index contributed by atoms with van der Waals surface area (Å²) in [5.74, 6) is 0.381. The average molecular weight is 273 g/mol. The van der Waals surface area contributed by atoms with Crippen molar-refractivity contribution in [2.24, 2.45) is 5.92 Å². The van der Waals surface area contributed by atoms with E-state index in [9.17, 15) is 14.9 Å². The number of nitro benzene ring substituents is 1. The molecule has 0 aliphatic rings. The van der Waals surface area contributed by atoms with Gasteiger partial charge in [0.2, 0.25) is 0 Å². The van der Waals surface area contributed by atoms with Crippen LogP contribution in [0.2, 0.25) is 0 Å². The first-order valence-electron chi connectivity index (χ1n) is 6.32. The van der Waals surface area contributed by atoms with E-state index in [-0.39, 0.29) is 24.0 Å². The van der Waals surface area contributed by atoms with Gasteiger partial charge in [-0.25, -0.2) is 0 Å². The Morgan fingerprint density at radius 1 is 1.20 bits per heavy atom. The zero-order valence-electron chi connectivity index (χ0n) is 11.3. The minimum atomic E-state index is -0.425. The van der Waals surface area contributed by atoms with Crippen LogP contribution in [-0.2, 0) is 4.79 Å². The van der Waals surface area contributed by atoms with Gasteiger partial charge in [-0.1, -0.05) is 32.0 Å². The Kier molecular flexibility index (Phi) is 3.98. The summed E-state index contributed by atoms with van der Waals surface area (Å²) in [5.41, 5.74) is 0.0307. The Hall–Kier alpha value is -2.43. The topological polar surface area (TPSA) is 69.4 Å². The Morgan fingerprint density at radius 3 is 2.45 bits per heavy atom. The van der Waals surface area contributed by atoms with E-state index in [2.05, 4.69) is 0 Å². The van der Waals surface area contributed by atoms with E-state index in [1.165, 1.54) is 12.1 Å². The molecule has 0 spiro atoms. The molecule has 2 aromatic carbocycles. The fourth-order valence-corrected chi connectivity index (χ4v) is 1.86. The predicted octanol–water partition coefficient (Wildman–Crippen LogP) is 3.35. The third-order valence-corrected chi connectivity index (χ3v) is 3.07. The zero-order chi connectivity index (χ0) is 14.7. The van der Waals surface area contributed by atoms with Crippen LogP contribution in [0.1, 0.15) is 13.8 Å². The highest BCUT2D eigenvalue weighted by Gasteiger charge is 2.15. The van der Waals surface area contributed by atoms with Gasteiger partial charge in [-0.05, 0) is 12.1 Å². The fraction of sp³-hybridized carbons (Fsp3) is 0.267. The van der Waals surface area contributed by atoms with E-state index >= 15 is 0 Å². The highest BCUT2D eigenvalue weighted by atomic mass is 16.6. The average Bonchev–Trinajstić information content (AvgIpc) is 2.43.